The summed E-state index contributed by atoms with van der Waals surface area (Å²) in [5.41, 5.74) is 8.61. The summed E-state index contributed by atoms with van der Waals surface area (Å²) >= 11 is 0. The number of non-ortho nitro benzene ring substituents is 1. The van der Waals surface area contributed by atoms with Crippen LogP contribution in [-0.2, 0) is 12.8 Å². The second-order valence-corrected chi connectivity index (χ2v) is 4.94. The molecule has 4 nitrogen and oxygen atoms in total. The molecule has 0 aliphatic rings. The Morgan fingerprint density at radius 2 is 1.52 bits per heavy atom. The lowest BCUT2D eigenvalue weighted by Crippen LogP contribution is -2.06. The van der Waals surface area contributed by atoms with E-state index in [-0.39, 0.29) is 11.6 Å². The average molecular weight is 280 g/mol. The molecule has 0 saturated carbocycles. The second-order valence-electron chi connectivity index (χ2n) is 4.94. The van der Waals surface area contributed by atoms with Crippen molar-refractivity contribution in [2.24, 2.45) is 5.92 Å². The van der Waals surface area contributed by atoms with Crippen molar-refractivity contribution in [3.8, 4) is 12.3 Å². The third-order valence-corrected chi connectivity index (χ3v) is 3.33. The van der Waals surface area contributed by atoms with Gasteiger partial charge in [-0.3, -0.25) is 10.1 Å². The van der Waals surface area contributed by atoms with Crippen LogP contribution >= 0.6 is 0 Å². The van der Waals surface area contributed by atoms with Gasteiger partial charge in [0.25, 0.3) is 5.69 Å². The highest BCUT2D eigenvalue weighted by Gasteiger charge is 2.10. The maximum absolute atomic E-state index is 10.6. The fourth-order valence-corrected chi connectivity index (χ4v) is 2.17. The van der Waals surface area contributed by atoms with E-state index in [2.05, 4.69) is 5.92 Å². The van der Waals surface area contributed by atoms with Gasteiger partial charge in [0.1, 0.15) is 0 Å². The zero-order valence-corrected chi connectivity index (χ0v) is 11.5. The third kappa shape index (κ3) is 4.08. The highest BCUT2D eigenvalue weighted by molar-refractivity contribution is 5.39. The van der Waals surface area contributed by atoms with Crippen molar-refractivity contribution < 1.29 is 4.92 Å². The topological polar surface area (TPSA) is 69.2 Å². The molecule has 0 heterocycles. The highest BCUT2D eigenvalue weighted by atomic mass is 16.6. The first-order valence-electron chi connectivity index (χ1n) is 6.62. The van der Waals surface area contributed by atoms with Gasteiger partial charge in [-0.05, 0) is 36.1 Å². The number of benzene rings is 2. The Kier molecular flexibility index (Phi) is 4.57. The van der Waals surface area contributed by atoms with Crippen molar-refractivity contribution in [3.05, 3.63) is 69.8 Å². The summed E-state index contributed by atoms with van der Waals surface area (Å²) in [5, 5.41) is 10.6. The number of hydrogen-bond donors (Lipinski definition) is 1. The molecule has 0 saturated heterocycles. The monoisotopic (exact) mass is 280 g/mol. The van der Waals surface area contributed by atoms with Crippen LogP contribution in [0, 0.1) is 28.4 Å². The van der Waals surface area contributed by atoms with E-state index in [1.165, 1.54) is 12.1 Å². The molecule has 106 valence electrons. The van der Waals surface area contributed by atoms with Crippen LogP contribution < -0.4 is 5.73 Å². The third-order valence-electron chi connectivity index (χ3n) is 3.33. The van der Waals surface area contributed by atoms with Crippen LogP contribution in [0.4, 0.5) is 11.4 Å². The molecule has 2 aromatic rings. The molecule has 0 fully saturated rings. The van der Waals surface area contributed by atoms with E-state index >= 15 is 0 Å². The fourth-order valence-electron chi connectivity index (χ4n) is 2.17. The van der Waals surface area contributed by atoms with E-state index in [1.807, 2.05) is 24.3 Å². The van der Waals surface area contributed by atoms with Gasteiger partial charge in [-0.2, -0.15) is 0 Å². The predicted molar refractivity (Wildman–Crippen MR) is 83.7 cm³/mol. The minimum atomic E-state index is -0.406. The fraction of sp³-hybridized carbons (Fsp3) is 0.176. The number of nitro benzene ring substituents is 1. The molecule has 0 aromatic heterocycles. The Labute approximate surface area is 123 Å². The Morgan fingerprint density at radius 3 is 1.95 bits per heavy atom. The smallest absolute Gasteiger partial charge is 0.269 e. The van der Waals surface area contributed by atoms with E-state index in [4.69, 9.17) is 12.2 Å². The molecular weight excluding hydrogens is 264 g/mol. The largest absolute Gasteiger partial charge is 0.399 e. The van der Waals surface area contributed by atoms with E-state index < -0.39 is 4.92 Å². The van der Waals surface area contributed by atoms with Gasteiger partial charge in [-0.25, -0.2) is 0 Å². The van der Waals surface area contributed by atoms with E-state index in [0.29, 0.717) is 6.42 Å². The summed E-state index contributed by atoms with van der Waals surface area (Å²) < 4.78 is 0. The standard InChI is InChI=1S/C17H16N2O2/c1-2-13(11-14-3-7-16(18)8-4-14)12-15-5-9-17(10-6-15)19(20)21/h1,3-10,13H,11-12,18H2. The molecule has 0 spiro atoms. The first-order chi connectivity index (χ1) is 10.1. The lowest BCUT2D eigenvalue weighted by Gasteiger charge is -2.11. The summed E-state index contributed by atoms with van der Waals surface area (Å²) in [6, 6.07) is 14.2. The Morgan fingerprint density at radius 1 is 1.05 bits per heavy atom. The number of nitrogens with two attached hydrogens (primary N) is 1. The number of terminal acetylenes is 1. The van der Waals surface area contributed by atoms with Crippen LogP contribution in [0.1, 0.15) is 11.1 Å². The summed E-state index contributed by atoms with van der Waals surface area (Å²) in [7, 11) is 0. The van der Waals surface area contributed by atoms with E-state index in [1.54, 1.807) is 12.1 Å². The second kappa shape index (κ2) is 6.58. The van der Waals surface area contributed by atoms with Gasteiger partial charge in [-0.15, -0.1) is 12.3 Å². The van der Waals surface area contributed by atoms with Crippen molar-refractivity contribution in [1.82, 2.24) is 0 Å². The molecule has 21 heavy (non-hydrogen) atoms. The zero-order chi connectivity index (χ0) is 15.2. The van der Waals surface area contributed by atoms with Crippen molar-refractivity contribution >= 4 is 11.4 Å². The lowest BCUT2D eigenvalue weighted by molar-refractivity contribution is -0.384. The molecule has 4 heteroatoms. The molecule has 0 aliphatic heterocycles. The zero-order valence-electron chi connectivity index (χ0n) is 11.5. The first-order valence-corrected chi connectivity index (χ1v) is 6.62. The predicted octanol–water partition coefficient (Wildman–Crippen LogP) is 3.21. The molecule has 0 radical (unpaired) electrons. The summed E-state index contributed by atoms with van der Waals surface area (Å²) in [6.07, 6.45) is 7.04. The quantitative estimate of drug-likeness (QED) is 0.396. The molecule has 0 amide bonds. The van der Waals surface area contributed by atoms with Crippen molar-refractivity contribution in [2.45, 2.75) is 12.8 Å². The summed E-state index contributed by atoms with van der Waals surface area (Å²) in [5.74, 6) is 2.84. The average Bonchev–Trinajstić information content (AvgIpc) is 2.49. The summed E-state index contributed by atoms with van der Waals surface area (Å²) in [6.45, 7) is 0. The molecule has 2 aromatic carbocycles. The van der Waals surface area contributed by atoms with Crippen LogP contribution in [0.15, 0.2) is 48.5 Å². The molecule has 2 N–H and O–H groups in total. The number of hydrogen-bond acceptors (Lipinski definition) is 3. The Balaban J connectivity index is 2.03. The van der Waals surface area contributed by atoms with Crippen LogP contribution in [0.5, 0.6) is 0 Å². The van der Waals surface area contributed by atoms with Crippen LogP contribution in [0.3, 0.4) is 0 Å². The van der Waals surface area contributed by atoms with Crippen LogP contribution in [0.25, 0.3) is 0 Å². The van der Waals surface area contributed by atoms with Gasteiger partial charge in [0, 0.05) is 23.7 Å². The Hall–Kier alpha value is -2.80. The first kappa shape index (κ1) is 14.6. The van der Waals surface area contributed by atoms with E-state index in [0.717, 1.165) is 23.2 Å². The highest BCUT2D eigenvalue weighted by Crippen LogP contribution is 2.18. The molecule has 1 atom stereocenters. The molecule has 2 rings (SSSR count). The minimum absolute atomic E-state index is 0.0510. The van der Waals surface area contributed by atoms with Crippen molar-refractivity contribution in [3.63, 3.8) is 0 Å². The Bertz CT molecular complexity index is 655. The number of anilines is 1. The maximum atomic E-state index is 10.6. The number of nitrogens with zero attached hydrogens (tertiary/aromatic N) is 1. The van der Waals surface area contributed by atoms with Gasteiger partial charge in [0.2, 0.25) is 0 Å². The van der Waals surface area contributed by atoms with Crippen LogP contribution in [0.2, 0.25) is 0 Å². The normalized spacial score (nSPS) is 11.6. The van der Waals surface area contributed by atoms with Gasteiger partial charge in [0.05, 0.1) is 4.92 Å². The number of nitro groups is 1. The molecular formula is C17H16N2O2. The number of rotatable bonds is 5. The van der Waals surface area contributed by atoms with Gasteiger partial charge in [0.15, 0.2) is 0 Å². The van der Waals surface area contributed by atoms with Crippen LogP contribution in [-0.4, -0.2) is 4.92 Å². The molecule has 1 unspecified atom stereocenters. The molecule has 0 aliphatic carbocycles. The minimum Gasteiger partial charge on any atom is -0.399 e. The van der Waals surface area contributed by atoms with Crippen molar-refractivity contribution in [1.29, 1.82) is 0 Å². The summed E-state index contributed by atoms with van der Waals surface area (Å²) in [4.78, 5) is 10.2. The SMILES string of the molecule is C#CC(Cc1ccc(N)cc1)Cc1ccc([N+](=O)[O-])cc1. The van der Waals surface area contributed by atoms with E-state index in [9.17, 15) is 10.1 Å². The van der Waals surface area contributed by atoms with Gasteiger partial charge < -0.3 is 5.73 Å². The van der Waals surface area contributed by atoms with Gasteiger partial charge >= 0.3 is 0 Å². The molecule has 0 bridgehead atoms. The van der Waals surface area contributed by atoms with Gasteiger partial charge in [-0.1, -0.05) is 24.3 Å². The number of nitrogen functional groups attached to an aromatic ring is 1. The maximum Gasteiger partial charge on any atom is 0.269 e. The lowest BCUT2D eigenvalue weighted by atomic mass is 9.93. The van der Waals surface area contributed by atoms with Crippen molar-refractivity contribution in [2.75, 3.05) is 5.73 Å².